The third-order valence-corrected chi connectivity index (χ3v) is 2.99. The highest BCUT2D eigenvalue weighted by Crippen LogP contribution is 2.09. The summed E-state index contributed by atoms with van der Waals surface area (Å²) in [6.45, 7) is 1.21. The molecular formula is C18H19NO2. The number of aliphatic hydroxyl groups is 1. The molecule has 0 amide bonds. The molecule has 0 bridgehead atoms. The van der Waals surface area contributed by atoms with Gasteiger partial charge in [0.15, 0.2) is 0 Å². The Morgan fingerprint density at radius 3 is 2.71 bits per heavy atom. The number of terminal acetylenes is 1. The Balaban J connectivity index is 1.70. The highest BCUT2D eigenvalue weighted by atomic mass is 16.5. The molecule has 3 nitrogen and oxygen atoms in total. The molecule has 0 radical (unpaired) electrons. The van der Waals surface area contributed by atoms with E-state index in [-0.39, 0.29) is 6.61 Å². The Labute approximate surface area is 125 Å². The summed E-state index contributed by atoms with van der Waals surface area (Å²) < 4.78 is 5.49. The Morgan fingerprint density at radius 2 is 1.95 bits per heavy atom. The van der Waals surface area contributed by atoms with Crippen molar-refractivity contribution in [3.63, 3.8) is 0 Å². The van der Waals surface area contributed by atoms with Crippen molar-refractivity contribution in [3.8, 4) is 12.3 Å². The second kappa shape index (κ2) is 8.11. The number of hydrogen-bond donors (Lipinski definition) is 2. The fourth-order valence-electron chi connectivity index (χ4n) is 1.90. The summed E-state index contributed by atoms with van der Waals surface area (Å²) >= 11 is 0. The van der Waals surface area contributed by atoms with E-state index in [0.717, 1.165) is 16.8 Å². The summed E-state index contributed by atoms with van der Waals surface area (Å²) in [7, 11) is 0. The molecule has 1 atom stereocenters. The molecule has 0 aromatic heterocycles. The largest absolute Gasteiger partial charge is 0.389 e. The van der Waals surface area contributed by atoms with E-state index in [1.807, 2.05) is 54.6 Å². The van der Waals surface area contributed by atoms with E-state index in [4.69, 9.17) is 11.2 Å². The van der Waals surface area contributed by atoms with Crippen molar-refractivity contribution >= 4 is 5.69 Å². The summed E-state index contributed by atoms with van der Waals surface area (Å²) in [6, 6.07) is 17.4. The lowest BCUT2D eigenvalue weighted by Crippen LogP contribution is -2.24. The first-order chi connectivity index (χ1) is 10.3. The summed E-state index contributed by atoms with van der Waals surface area (Å²) in [6.07, 6.45) is 4.78. The number of rotatable bonds is 7. The van der Waals surface area contributed by atoms with Gasteiger partial charge in [-0.3, -0.25) is 0 Å². The number of ether oxygens (including phenoxy) is 1. The third kappa shape index (κ3) is 5.31. The van der Waals surface area contributed by atoms with Gasteiger partial charge in [-0.2, -0.15) is 0 Å². The van der Waals surface area contributed by atoms with Crippen LogP contribution in [-0.2, 0) is 11.3 Å². The van der Waals surface area contributed by atoms with Crippen LogP contribution in [0.5, 0.6) is 0 Å². The van der Waals surface area contributed by atoms with Crippen molar-refractivity contribution in [2.75, 3.05) is 18.5 Å². The molecular weight excluding hydrogens is 262 g/mol. The smallest absolute Gasteiger partial charge is 0.0945 e. The Hall–Kier alpha value is -2.28. The molecule has 2 aromatic carbocycles. The minimum absolute atomic E-state index is 0.288. The van der Waals surface area contributed by atoms with E-state index in [1.54, 1.807) is 0 Å². The first-order valence-corrected chi connectivity index (χ1v) is 6.88. The quantitative estimate of drug-likeness (QED) is 0.767. The molecule has 2 rings (SSSR count). The zero-order valence-electron chi connectivity index (χ0n) is 11.8. The predicted molar refractivity (Wildman–Crippen MR) is 85.0 cm³/mol. The van der Waals surface area contributed by atoms with Gasteiger partial charge in [-0.15, -0.1) is 6.42 Å². The first kappa shape index (κ1) is 15.1. The van der Waals surface area contributed by atoms with Gasteiger partial charge in [0, 0.05) is 17.8 Å². The van der Waals surface area contributed by atoms with Gasteiger partial charge in [-0.25, -0.2) is 0 Å². The number of benzene rings is 2. The molecule has 0 aliphatic heterocycles. The van der Waals surface area contributed by atoms with Crippen molar-refractivity contribution < 1.29 is 9.84 Å². The lowest BCUT2D eigenvalue weighted by molar-refractivity contribution is 0.0348. The Bertz CT molecular complexity index is 590. The van der Waals surface area contributed by atoms with Crippen LogP contribution in [-0.4, -0.2) is 24.4 Å². The lowest BCUT2D eigenvalue weighted by atomic mass is 10.2. The number of hydrogen-bond acceptors (Lipinski definition) is 3. The van der Waals surface area contributed by atoms with Crippen LogP contribution in [0.15, 0.2) is 54.6 Å². The van der Waals surface area contributed by atoms with Gasteiger partial charge < -0.3 is 15.2 Å². The molecule has 0 saturated carbocycles. The van der Waals surface area contributed by atoms with Gasteiger partial charge in [0.25, 0.3) is 0 Å². The minimum Gasteiger partial charge on any atom is -0.389 e. The van der Waals surface area contributed by atoms with Gasteiger partial charge in [0.1, 0.15) is 0 Å². The van der Waals surface area contributed by atoms with Crippen LogP contribution < -0.4 is 5.32 Å². The summed E-state index contributed by atoms with van der Waals surface area (Å²) in [5.74, 6) is 2.58. The normalized spacial score (nSPS) is 11.6. The molecule has 1 unspecified atom stereocenters. The van der Waals surface area contributed by atoms with Crippen LogP contribution in [0.3, 0.4) is 0 Å². The fraction of sp³-hybridized carbons (Fsp3) is 0.222. The maximum absolute atomic E-state index is 9.89. The van der Waals surface area contributed by atoms with Crippen molar-refractivity contribution in [2.24, 2.45) is 0 Å². The highest BCUT2D eigenvalue weighted by Gasteiger charge is 2.04. The average Bonchev–Trinajstić information content (AvgIpc) is 2.54. The predicted octanol–water partition coefficient (Wildman–Crippen LogP) is 2.66. The topological polar surface area (TPSA) is 41.5 Å². The molecule has 0 heterocycles. The minimum atomic E-state index is -0.566. The second-order valence-electron chi connectivity index (χ2n) is 4.76. The van der Waals surface area contributed by atoms with Crippen molar-refractivity contribution in [3.05, 3.63) is 65.7 Å². The van der Waals surface area contributed by atoms with Crippen LogP contribution in [0.4, 0.5) is 5.69 Å². The summed E-state index contributed by atoms with van der Waals surface area (Å²) in [4.78, 5) is 0. The number of nitrogens with one attached hydrogen (secondary N) is 1. The number of aliphatic hydroxyl groups excluding tert-OH is 1. The second-order valence-corrected chi connectivity index (χ2v) is 4.76. The third-order valence-electron chi connectivity index (χ3n) is 2.99. The molecule has 21 heavy (non-hydrogen) atoms. The molecule has 2 aromatic rings. The van der Waals surface area contributed by atoms with E-state index in [2.05, 4.69) is 11.2 Å². The van der Waals surface area contributed by atoms with Crippen LogP contribution in [0.1, 0.15) is 11.1 Å². The van der Waals surface area contributed by atoms with Gasteiger partial charge in [-0.05, 0) is 23.8 Å². The van der Waals surface area contributed by atoms with Crippen LogP contribution in [0.2, 0.25) is 0 Å². The van der Waals surface area contributed by atoms with E-state index in [9.17, 15) is 5.11 Å². The van der Waals surface area contributed by atoms with Gasteiger partial charge >= 0.3 is 0 Å². The van der Waals surface area contributed by atoms with E-state index >= 15 is 0 Å². The average molecular weight is 281 g/mol. The SMILES string of the molecule is C#Cc1cccc(NCC(O)COCc2ccccc2)c1. The standard InChI is InChI=1S/C18H19NO2/c1-2-15-9-6-10-17(11-15)19-12-18(20)14-21-13-16-7-4-3-5-8-16/h1,3-11,18-20H,12-14H2. The zero-order valence-corrected chi connectivity index (χ0v) is 11.8. The van der Waals surface area contributed by atoms with Crippen LogP contribution in [0, 0.1) is 12.3 Å². The molecule has 0 aliphatic carbocycles. The molecule has 0 fully saturated rings. The van der Waals surface area contributed by atoms with Gasteiger partial charge in [-0.1, -0.05) is 42.3 Å². The Morgan fingerprint density at radius 1 is 1.14 bits per heavy atom. The molecule has 2 N–H and O–H groups in total. The van der Waals surface area contributed by atoms with Crippen molar-refractivity contribution in [2.45, 2.75) is 12.7 Å². The van der Waals surface area contributed by atoms with E-state index < -0.39 is 6.10 Å². The summed E-state index contributed by atoms with van der Waals surface area (Å²) in [5, 5.41) is 13.0. The van der Waals surface area contributed by atoms with Crippen molar-refractivity contribution in [1.29, 1.82) is 0 Å². The maximum Gasteiger partial charge on any atom is 0.0945 e. The van der Waals surface area contributed by atoms with E-state index in [1.165, 1.54) is 0 Å². The maximum atomic E-state index is 9.89. The Kier molecular flexibility index (Phi) is 5.83. The monoisotopic (exact) mass is 281 g/mol. The molecule has 0 aliphatic rings. The van der Waals surface area contributed by atoms with Gasteiger partial charge in [0.05, 0.1) is 19.3 Å². The number of anilines is 1. The highest BCUT2D eigenvalue weighted by molar-refractivity contribution is 5.49. The van der Waals surface area contributed by atoms with Crippen LogP contribution in [0.25, 0.3) is 0 Å². The molecule has 0 spiro atoms. The zero-order chi connectivity index (χ0) is 14.9. The first-order valence-electron chi connectivity index (χ1n) is 6.88. The van der Waals surface area contributed by atoms with Crippen molar-refractivity contribution in [1.82, 2.24) is 0 Å². The molecule has 3 heteroatoms. The molecule has 0 saturated heterocycles. The molecule has 108 valence electrons. The lowest BCUT2D eigenvalue weighted by Gasteiger charge is -2.13. The fourth-order valence-corrected chi connectivity index (χ4v) is 1.90. The van der Waals surface area contributed by atoms with E-state index in [0.29, 0.717) is 13.2 Å². The summed E-state index contributed by atoms with van der Waals surface area (Å²) in [5.41, 5.74) is 2.81. The van der Waals surface area contributed by atoms with Crippen LogP contribution >= 0.6 is 0 Å². The van der Waals surface area contributed by atoms with Gasteiger partial charge in [0.2, 0.25) is 0 Å².